The molecule has 6 rings (SSSR count). The Labute approximate surface area is 263 Å². The van der Waals surface area contributed by atoms with Crippen LogP contribution in [0, 0.1) is 17.6 Å². The van der Waals surface area contributed by atoms with Gasteiger partial charge in [0.15, 0.2) is 11.3 Å². The van der Waals surface area contributed by atoms with Gasteiger partial charge < -0.3 is 20.9 Å². The van der Waals surface area contributed by atoms with Gasteiger partial charge in [-0.15, -0.1) is 0 Å². The van der Waals surface area contributed by atoms with Crippen LogP contribution < -0.4 is 20.9 Å². The van der Waals surface area contributed by atoms with Crippen LogP contribution in [0.3, 0.4) is 0 Å². The monoisotopic (exact) mass is 634 g/mol. The number of aromatic nitrogens is 6. The van der Waals surface area contributed by atoms with Crippen molar-refractivity contribution in [2.45, 2.75) is 32.7 Å². The molecule has 4 N–H and O–H groups in total. The lowest BCUT2D eigenvalue weighted by Gasteiger charge is -2.26. The van der Waals surface area contributed by atoms with Crippen LogP contribution in [0.4, 0.5) is 14.6 Å². The van der Waals surface area contributed by atoms with E-state index >= 15 is 0 Å². The van der Waals surface area contributed by atoms with Crippen molar-refractivity contribution in [2.24, 2.45) is 11.7 Å². The molecule has 10 nitrogen and oxygen atoms in total. The molecule has 0 bridgehead atoms. The molecule has 0 radical (unpaired) electrons. The lowest BCUT2D eigenvalue weighted by Crippen LogP contribution is -2.43. The van der Waals surface area contributed by atoms with Gasteiger partial charge in [-0.2, -0.15) is 10.2 Å². The Morgan fingerprint density at radius 1 is 0.844 bits per heavy atom. The van der Waals surface area contributed by atoms with Gasteiger partial charge in [0.05, 0.1) is 30.9 Å². The zero-order valence-electron chi connectivity index (χ0n) is 25.2. The molecule has 0 aliphatic rings. The van der Waals surface area contributed by atoms with E-state index in [-0.39, 0.29) is 0 Å². The van der Waals surface area contributed by atoms with E-state index < -0.39 is 17.2 Å². The summed E-state index contributed by atoms with van der Waals surface area (Å²) in [6.45, 7) is 6.47. The topological polar surface area (TPSA) is 131 Å². The highest BCUT2D eigenvalue weighted by atomic mass is 35.5. The Morgan fingerprint density at radius 2 is 1.40 bits per heavy atom. The number of methoxy groups -OCH3 is 1. The smallest absolute Gasteiger partial charge is 0.158 e. The second kappa shape index (κ2) is 13.0. The SMILES string of the molecule is CC(C)C[C@](C)(N)COc1ccc(-c2cc(N)nc3ccnn23)c(F)c1.COc1ccc(-c2cc(Cl)nc3ccnn23)c(F)c1. The fraction of sp³-hybridized carbons (Fsp3) is 0.250. The summed E-state index contributed by atoms with van der Waals surface area (Å²) in [7, 11) is 1.49. The van der Waals surface area contributed by atoms with Gasteiger partial charge in [0, 0.05) is 53.1 Å². The highest BCUT2D eigenvalue weighted by Gasteiger charge is 2.21. The van der Waals surface area contributed by atoms with Gasteiger partial charge in [0.2, 0.25) is 0 Å². The third-order valence-electron chi connectivity index (χ3n) is 6.82. The normalized spacial score (nSPS) is 12.6. The van der Waals surface area contributed by atoms with Crippen LogP contribution in [-0.4, -0.2) is 48.5 Å². The number of nitrogens with zero attached hydrogens (tertiary/aromatic N) is 6. The van der Waals surface area contributed by atoms with E-state index in [1.807, 2.05) is 6.92 Å². The van der Waals surface area contributed by atoms with Crippen LogP contribution >= 0.6 is 11.6 Å². The summed E-state index contributed by atoms with van der Waals surface area (Å²) in [4.78, 5) is 8.27. The minimum absolute atomic E-state index is 0.290. The number of halogens is 3. The number of hydrogen-bond donors (Lipinski definition) is 2. The van der Waals surface area contributed by atoms with Crippen LogP contribution in [0.1, 0.15) is 27.2 Å². The van der Waals surface area contributed by atoms with Gasteiger partial charge >= 0.3 is 0 Å². The predicted octanol–water partition coefficient (Wildman–Crippen LogP) is 6.46. The Bertz CT molecular complexity index is 1960. The quantitative estimate of drug-likeness (QED) is 0.183. The van der Waals surface area contributed by atoms with E-state index in [4.69, 9.17) is 32.5 Å². The van der Waals surface area contributed by atoms with Gasteiger partial charge in [0.1, 0.15) is 40.7 Å². The van der Waals surface area contributed by atoms with Gasteiger partial charge in [-0.1, -0.05) is 25.4 Å². The average Bonchev–Trinajstić information content (AvgIpc) is 3.65. The molecule has 13 heteroatoms. The maximum atomic E-state index is 14.7. The van der Waals surface area contributed by atoms with Gasteiger partial charge in [-0.3, -0.25) is 0 Å². The first-order chi connectivity index (χ1) is 21.4. The number of fused-ring (bicyclic) bond motifs is 2. The van der Waals surface area contributed by atoms with Gasteiger partial charge in [0.25, 0.3) is 0 Å². The summed E-state index contributed by atoms with van der Waals surface area (Å²) in [6, 6.07) is 15.9. The van der Waals surface area contributed by atoms with Crippen molar-refractivity contribution >= 4 is 28.7 Å². The van der Waals surface area contributed by atoms with E-state index in [1.165, 1.54) is 23.8 Å². The lowest BCUT2D eigenvalue weighted by atomic mass is 9.93. The summed E-state index contributed by atoms with van der Waals surface area (Å²) in [5, 5.41) is 8.59. The molecule has 45 heavy (non-hydrogen) atoms. The maximum Gasteiger partial charge on any atom is 0.158 e. The zero-order valence-corrected chi connectivity index (χ0v) is 26.0. The standard InChI is InChI=1S/C19H24FN5O.C13H9ClFN3O/c1-12(2)10-19(3,22)11-26-13-4-5-14(15(20)8-13)16-9-17(21)24-18-6-7-23-25(16)18;1-19-8-2-3-9(10(15)6-8)11-7-12(14)17-13-4-5-16-18(11)13/h4-9,12H,10-11,22H2,1-3H3,(H2,21,24);2-7H,1H3/t19-;/m0./s1. The molecule has 0 saturated heterocycles. The first-order valence-corrected chi connectivity index (χ1v) is 14.5. The van der Waals surface area contributed by atoms with Crippen molar-refractivity contribution in [3.63, 3.8) is 0 Å². The summed E-state index contributed by atoms with van der Waals surface area (Å²) in [5.41, 5.74) is 14.6. The maximum absolute atomic E-state index is 14.7. The molecule has 0 unspecified atom stereocenters. The van der Waals surface area contributed by atoms with E-state index in [0.29, 0.717) is 68.8 Å². The molecule has 0 aliphatic carbocycles. The highest BCUT2D eigenvalue weighted by molar-refractivity contribution is 6.29. The molecule has 0 fully saturated rings. The molecule has 0 saturated carbocycles. The van der Waals surface area contributed by atoms with Crippen LogP contribution in [0.25, 0.3) is 33.8 Å². The third kappa shape index (κ3) is 7.30. The van der Waals surface area contributed by atoms with Crippen molar-refractivity contribution in [2.75, 3.05) is 19.5 Å². The molecule has 1 atom stereocenters. The Morgan fingerprint density at radius 3 is 1.98 bits per heavy atom. The third-order valence-corrected chi connectivity index (χ3v) is 7.01. The highest BCUT2D eigenvalue weighted by Crippen LogP contribution is 2.29. The molecular weight excluding hydrogens is 602 g/mol. The average molecular weight is 635 g/mol. The molecular formula is C32H33ClF2N8O2. The Kier molecular flexibility index (Phi) is 9.16. The van der Waals surface area contributed by atoms with Crippen molar-refractivity contribution in [3.05, 3.63) is 89.8 Å². The summed E-state index contributed by atoms with van der Waals surface area (Å²) >= 11 is 5.94. The fourth-order valence-electron chi connectivity index (χ4n) is 5.06. The number of ether oxygens (including phenoxy) is 2. The molecule has 6 aromatic rings. The Balaban J connectivity index is 0.000000186. The second-order valence-corrected chi connectivity index (χ2v) is 11.6. The molecule has 234 valence electrons. The lowest BCUT2D eigenvalue weighted by molar-refractivity contribution is 0.206. The molecule has 4 aromatic heterocycles. The van der Waals surface area contributed by atoms with Crippen molar-refractivity contribution in [1.29, 1.82) is 0 Å². The largest absolute Gasteiger partial charge is 0.497 e. The number of rotatable bonds is 8. The number of benzene rings is 2. The van der Waals surface area contributed by atoms with Crippen molar-refractivity contribution in [1.82, 2.24) is 29.2 Å². The molecule has 4 heterocycles. The number of nitrogen functional groups attached to an aromatic ring is 1. The first-order valence-electron chi connectivity index (χ1n) is 14.1. The van der Waals surface area contributed by atoms with E-state index in [2.05, 4.69) is 34.0 Å². The molecule has 2 aromatic carbocycles. The second-order valence-electron chi connectivity index (χ2n) is 11.3. The summed E-state index contributed by atoms with van der Waals surface area (Å²) < 4.78 is 42.6. The summed E-state index contributed by atoms with van der Waals surface area (Å²) in [5.74, 6) is 0.830. The summed E-state index contributed by atoms with van der Waals surface area (Å²) in [6.07, 6.45) is 4.00. The van der Waals surface area contributed by atoms with Crippen LogP contribution in [0.2, 0.25) is 5.15 Å². The minimum atomic E-state index is -0.468. The number of anilines is 1. The predicted molar refractivity (Wildman–Crippen MR) is 170 cm³/mol. The molecule has 0 spiro atoms. The van der Waals surface area contributed by atoms with Crippen molar-refractivity contribution in [3.8, 4) is 34.0 Å². The van der Waals surface area contributed by atoms with Gasteiger partial charge in [-0.05, 0) is 43.5 Å². The van der Waals surface area contributed by atoms with Crippen LogP contribution in [0.5, 0.6) is 11.5 Å². The Hall–Kier alpha value is -4.81. The molecule has 0 aliphatic heterocycles. The van der Waals surface area contributed by atoms with E-state index in [1.54, 1.807) is 65.4 Å². The molecule has 0 amide bonds. The van der Waals surface area contributed by atoms with Crippen LogP contribution in [0.15, 0.2) is 73.1 Å². The number of nitrogens with two attached hydrogens (primary N) is 2. The van der Waals surface area contributed by atoms with Gasteiger partial charge in [-0.25, -0.2) is 27.8 Å². The van der Waals surface area contributed by atoms with Crippen LogP contribution in [-0.2, 0) is 0 Å². The van der Waals surface area contributed by atoms with Crippen molar-refractivity contribution < 1.29 is 18.3 Å². The van der Waals surface area contributed by atoms with E-state index in [9.17, 15) is 8.78 Å². The first kappa shape index (κ1) is 31.6. The fourth-order valence-corrected chi connectivity index (χ4v) is 5.25. The zero-order chi connectivity index (χ0) is 32.3. The number of hydrogen-bond acceptors (Lipinski definition) is 8. The van der Waals surface area contributed by atoms with E-state index in [0.717, 1.165) is 6.42 Å². The minimum Gasteiger partial charge on any atom is -0.497 e.